The monoisotopic (exact) mass is 388 g/mol. The molecule has 0 spiro atoms. The molecule has 0 unspecified atom stereocenters. The van der Waals surface area contributed by atoms with E-state index in [4.69, 9.17) is 21.4 Å². The highest BCUT2D eigenvalue weighted by Crippen LogP contribution is 2.24. The zero-order valence-corrected chi connectivity index (χ0v) is 12.7. The number of hydrogen-bond donors (Lipinski definition) is 1. The first-order valence-electron chi connectivity index (χ1n) is 5.46. The Morgan fingerprint density at radius 2 is 2.05 bits per heavy atom. The second-order valence-electron chi connectivity index (χ2n) is 3.87. The molecule has 19 heavy (non-hydrogen) atoms. The van der Waals surface area contributed by atoms with Crippen LogP contribution < -0.4 is 4.74 Å². The van der Waals surface area contributed by atoms with Crippen LogP contribution in [0.25, 0.3) is 0 Å². The third kappa shape index (κ3) is 3.84. The smallest absolute Gasteiger partial charge is 0.335 e. The highest BCUT2D eigenvalue weighted by molar-refractivity contribution is 14.1. The first-order valence-corrected chi connectivity index (χ1v) is 6.92. The lowest BCUT2D eigenvalue weighted by Crippen LogP contribution is -2.01. The third-order valence-electron chi connectivity index (χ3n) is 2.46. The van der Waals surface area contributed by atoms with Crippen molar-refractivity contribution in [1.29, 1.82) is 0 Å². The lowest BCUT2D eigenvalue weighted by Gasteiger charge is -2.09. The first-order chi connectivity index (χ1) is 9.06. The standard InChI is InChI=1S/C14H10ClIO3/c15-11-3-1-2-9(6-11)8-19-13-7-10(14(17)18)4-5-12(13)16/h1-7H,8H2,(H,17,18). The molecule has 0 saturated carbocycles. The van der Waals surface area contributed by atoms with Crippen LogP contribution in [0, 0.1) is 3.57 Å². The summed E-state index contributed by atoms with van der Waals surface area (Å²) in [7, 11) is 0. The molecule has 2 rings (SSSR count). The fourth-order valence-electron chi connectivity index (χ4n) is 1.53. The number of halogens is 2. The number of carboxylic acids is 1. The molecular formula is C14H10ClIO3. The highest BCUT2D eigenvalue weighted by atomic mass is 127. The van der Waals surface area contributed by atoms with E-state index >= 15 is 0 Å². The molecule has 1 N–H and O–H groups in total. The molecule has 0 amide bonds. The van der Waals surface area contributed by atoms with Gasteiger partial charge in [0.2, 0.25) is 0 Å². The Balaban J connectivity index is 2.15. The maximum Gasteiger partial charge on any atom is 0.335 e. The molecule has 5 heteroatoms. The van der Waals surface area contributed by atoms with Crippen molar-refractivity contribution in [3.63, 3.8) is 0 Å². The summed E-state index contributed by atoms with van der Waals surface area (Å²) in [6, 6.07) is 12.1. The van der Waals surface area contributed by atoms with E-state index in [2.05, 4.69) is 22.6 Å². The fraction of sp³-hybridized carbons (Fsp3) is 0.0714. The van der Waals surface area contributed by atoms with E-state index in [1.54, 1.807) is 18.2 Å². The summed E-state index contributed by atoms with van der Waals surface area (Å²) in [4.78, 5) is 10.9. The Kier molecular flexibility index (Phi) is 4.66. The van der Waals surface area contributed by atoms with Crippen LogP contribution in [0.4, 0.5) is 0 Å². The van der Waals surface area contributed by atoms with Gasteiger partial charge in [0, 0.05) is 5.02 Å². The molecule has 2 aromatic carbocycles. The molecular weight excluding hydrogens is 379 g/mol. The number of aromatic carboxylic acids is 1. The largest absolute Gasteiger partial charge is 0.488 e. The summed E-state index contributed by atoms with van der Waals surface area (Å²) >= 11 is 8.00. The van der Waals surface area contributed by atoms with Crippen molar-refractivity contribution in [2.24, 2.45) is 0 Å². The number of benzene rings is 2. The molecule has 2 aromatic rings. The molecule has 0 atom stereocenters. The minimum Gasteiger partial charge on any atom is -0.488 e. The van der Waals surface area contributed by atoms with Crippen LogP contribution in [0.2, 0.25) is 5.02 Å². The molecule has 0 heterocycles. The van der Waals surface area contributed by atoms with Crippen molar-refractivity contribution in [3.05, 3.63) is 62.2 Å². The minimum atomic E-state index is -0.969. The van der Waals surface area contributed by atoms with Crippen LogP contribution in [0.3, 0.4) is 0 Å². The zero-order valence-electron chi connectivity index (χ0n) is 9.77. The highest BCUT2D eigenvalue weighted by Gasteiger charge is 2.08. The van der Waals surface area contributed by atoms with Gasteiger partial charge in [-0.15, -0.1) is 0 Å². The second-order valence-corrected chi connectivity index (χ2v) is 5.47. The predicted octanol–water partition coefficient (Wildman–Crippen LogP) is 4.22. The molecule has 0 aliphatic rings. The van der Waals surface area contributed by atoms with E-state index in [9.17, 15) is 4.79 Å². The van der Waals surface area contributed by atoms with Gasteiger partial charge in [0.15, 0.2) is 0 Å². The third-order valence-corrected chi connectivity index (χ3v) is 3.59. The van der Waals surface area contributed by atoms with E-state index in [1.807, 2.05) is 18.2 Å². The van der Waals surface area contributed by atoms with Crippen molar-refractivity contribution in [2.45, 2.75) is 6.61 Å². The van der Waals surface area contributed by atoms with Gasteiger partial charge >= 0.3 is 5.97 Å². The maximum absolute atomic E-state index is 10.9. The predicted molar refractivity (Wildman–Crippen MR) is 81.9 cm³/mol. The maximum atomic E-state index is 10.9. The number of ether oxygens (including phenoxy) is 1. The van der Waals surface area contributed by atoms with Crippen LogP contribution in [0.15, 0.2) is 42.5 Å². The van der Waals surface area contributed by atoms with E-state index in [0.717, 1.165) is 9.13 Å². The summed E-state index contributed by atoms with van der Waals surface area (Å²) in [6.45, 7) is 0.347. The van der Waals surface area contributed by atoms with Crippen LogP contribution in [0.5, 0.6) is 5.75 Å². The number of hydrogen-bond acceptors (Lipinski definition) is 2. The van der Waals surface area contributed by atoms with Crippen molar-refractivity contribution in [2.75, 3.05) is 0 Å². The molecule has 0 aliphatic heterocycles. The Labute approximate surface area is 129 Å². The quantitative estimate of drug-likeness (QED) is 0.798. The Bertz CT molecular complexity index is 613. The lowest BCUT2D eigenvalue weighted by atomic mass is 10.2. The summed E-state index contributed by atoms with van der Waals surface area (Å²) in [5.41, 5.74) is 1.14. The Morgan fingerprint density at radius 3 is 2.74 bits per heavy atom. The van der Waals surface area contributed by atoms with Crippen LogP contribution in [-0.4, -0.2) is 11.1 Å². The van der Waals surface area contributed by atoms with E-state index in [0.29, 0.717) is 17.4 Å². The van der Waals surface area contributed by atoms with Crippen molar-refractivity contribution in [1.82, 2.24) is 0 Å². The number of rotatable bonds is 4. The van der Waals surface area contributed by atoms with Gasteiger partial charge in [-0.05, 0) is 58.5 Å². The molecule has 98 valence electrons. The van der Waals surface area contributed by atoms with Gasteiger partial charge in [0.25, 0.3) is 0 Å². The van der Waals surface area contributed by atoms with Gasteiger partial charge in [-0.25, -0.2) is 4.79 Å². The van der Waals surface area contributed by atoms with Crippen LogP contribution in [0.1, 0.15) is 15.9 Å². The van der Waals surface area contributed by atoms with Gasteiger partial charge in [-0.1, -0.05) is 23.7 Å². The molecule has 0 bridgehead atoms. The van der Waals surface area contributed by atoms with Crippen LogP contribution >= 0.6 is 34.2 Å². The van der Waals surface area contributed by atoms with E-state index < -0.39 is 5.97 Å². The Hall–Kier alpha value is -1.27. The average molecular weight is 389 g/mol. The summed E-state index contributed by atoms with van der Waals surface area (Å²) in [5.74, 6) is -0.413. The summed E-state index contributed by atoms with van der Waals surface area (Å²) in [5, 5.41) is 9.59. The van der Waals surface area contributed by atoms with Crippen molar-refractivity contribution < 1.29 is 14.6 Å². The first kappa shape index (κ1) is 14.1. The van der Waals surface area contributed by atoms with Gasteiger partial charge in [0.1, 0.15) is 12.4 Å². The van der Waals surface area contributed by atoms with Gasteiger partial charge in [-0.2, -0.15) is 0 Å². The zero-order chi connectivity index (χ0) is 13.8. The van der Waals surface area contributed by atoms with Crippen molar-refractivity contribution >= 4 is 40.2 Å². The molecule has 0 fully saturated rings. The normalized spacial score (nSPS) is 10.2. The lowest BCUT2D eigenvalue weighted by molar-refractivity contribution is 0.0696. The van der Waals surface area contributed by atoms with Crippen molar-refractivity contribution in [3.8, 4) is 5.75 Å². The SMILES string of the molecule is O=C(O)c1ccc(I)c(OCc2cccc(Cl)c2)c1. The topological polar surface area (TPSA) is 46.5 Å². The molecule has 0 aliphatic carbocycles. The minimum absolute atomic E-state index is 0.210. The molecule has 3 nitrogen and oxygen atoms in total. The average Bonchev–Trinajstić information content (AvgIpc) is 2.37. The van der Waals surface area contributed by atoms with E-state index in [1.165, 1.54) is 6.07 Å². The van der Waals surface area contributed by atoms with Gasteiger partial charge in [-0.3, -0.25) is 0 Å². The number of carbonyl (C=O) groups is 1. The molecule has 0 aromatic heterocycles. The van der Waals surface area contributed by atoms with E-state index in [-0.39, 0.29) is 5.56 Å². The fourth-order valence-corrected chi connectivity index (χ4v) is 2.24. The molecule has 0 radical (unpaired) electrons. The number of carboxylic acid groups (broad SMARTS) is 1. The summed E-state index contributed by atoms with van der Waals surface area (Å²) in [6.07, 6.45) is 0. The van der Waals surface area contributed by atoms with Gasteiger partial charge in [0.05, 0.1) is 9.13 Å². The molecule has 0 saturated heterocycles. The Morgan fingerprint density at radius 1 is 1.26 bits per heavy atom. The second kappa shape index (κ2) is 6.25. The summed E-state index contributed by atoms with van der Waals surface area (Å²) < 4.78 is 6.50. The van der Waals surface area contributed by atoms with Gasteiger partial charge < -0.3 is 9.84 Å². The van der Waals surface area contributed by atoms with Crippen LogP contribution in [-0.2, 0) is 6.61 Å².